The third-order valence-corrected chi connectivity index (χ3v) is 7.35. The number of carbonyl (C=O) groups is 3. The van der Waals surface area contributed by atoms with Gasteiger partial charge in [0.1, 0.15) is 18.2 Å². The second-order valence-electron chi connectivity index (χ2n) is 11.8. The van der Waals surface area contributed by atoms with E-state index in [4.69, 9.17) is 20.9 Å². The van der Waals surface area contributed by atoms with E-state index in [0.29, 0.717) is 6.42 Å². The van der Waals surface area contributed by atoms with Gasteiger partial charge >= 0.3 is 18.0 Å². The molecule has 1 amide bonds. The summed E-state index contributed by atoms with van der Waals surface area (Å²) < 4.78 is 11.5. The number of carbonyl (C=O) groups excluding carboxylic acids is 2. The first-order chi connectivity index (χ1) is 19.4. The van der Waals surface area contributed by atoms with Crippen LogP contribution in [0.25, 0.3) is 11.1 Å². The Balaban J connectivity index is 1.81. The van der Waals surface area contributed by atoms with Crippen LogP contribution in [0.2, 0.25) is 0 Å². The normalized spacial score (nSPS) is 14.9. The fourth-order valence-electron chi connectivity index (χ4n) is 5.22. The minimum atomic E-state index is -1.27. The smallest absolute Gasteiger partial charge is 0.411 e. The van der Waals surface area contributed by atoms with E-state index >= 15 is 0 Å². The largest absolute Gasteiger partial charge is 0.480 e. The predicted molar refractivity (Wildman–Crippen MR) is 158 cm³/mol. The van der Waals surface area contributed by atoms with Crippen LogP contribution in [-0.4, -0.2) is 59.0 Å². The van der Waals surface area contributed by atoms with Gasteiger partial charge in [-0.3, -0.25) is 14.5 Å². The predicted octanol–water partition coefficient (Wildman–Crippen LogP) is 5.25. The van der Waals surface area contributed by atoms with E-state index in [1.54, 1.807) is 20.8 Å². The Bertz CT molecular complexity index is 1150. The summed E-state index contributed by atoms with van der Waals surface area (Å²) >= 11 is 0. The Morgan fingerprint density at radius 3 is 2.07 bits per heavy atom. The Hall–Kier alpha value is -3.43. The molecule has 0 bridgehead atoms. The molecular weight excluding hydrogens is 522 g/mol. The second kappa shape index (κ2) is 14.5. The molecule has 0 aliphatic heterocycles. The van der Waals surface area contributed by atoms with E-state index < -0.39 is 41.8 Å². The molecule has 3 rings (SSSR count). The molecule has 2 aromatic carbocycles. The quantitative estimate of drug-likeness (QED) is 0.159. The van der Waals surface area contributed by atoms with Crippen LogP contribution in [0.3, 0.4) is 0 Å². The van der Waals surface area contributed by atoms with Gasteiger partial charge in [-0.15, -0.1) is 0 Å². The fraction of sp³-hybridized carbons (Fsp3) is 0.531. The lowest BCUT2D eigenvalue weighted by atomic mass is 9.97. The number of carboxylic acid groups (broad SMARTS) is 1. The highest BCUT2D eigenvalue weighted by atomic mass is 16.6. The lowest BCUT2D eigenvalue weighted by Crippen LogP contribution is -2.53. The molecule has 224 valence electrons. The third kappa shape index (κ3) is 8.78. The zero-order valence-corrected chi connectivity index (χ0v) is 24.7. The zero-order valence-electron chi connectivity index (χ0n) is 24.7. The van der Waals surface area contributed by atoms with Gasteiger partial charge in [0.05, 0.1) is 12.1 Å². The van der Waals surface area contributed by atoms with Crippen LogP contribution in [0.15, 0.2) is 48.5 Å². The van der Waals surface area contributed by atoms with E-state index in [-0.39, 0.29) is 25.5 Å². The summed E-state index contributed by atoms with van der Waals surface area (Å²) in [6.07, 6.45) is 2.29. The summed E-state index contributed by atoms with van der Waals surface area (Å²) in [4.78, 5) is 39.4. The summed E-state index contributed by atoms with van der Waals surface area (Å²) in [5.74, 6) is -2.41. The molecule has 0 saturated heterocycles. The number of nitrogens with zero attached hydrogens (tertiary/aromatic N) is 1. The Morgan fingerprint density at radius 2 is 1.54 bits per heavy atom. The topological polar surface area (TPSA) is 145 Å². The van der Waals surface area contributed by atoms with Gasteiger partial charge in [0.25, 0.3) is 0 Å². The third-order valence-electron chi connectivity index (χ3n) is 7.35. The summed E-state index contributed by atoms with van der Waals surface area (Å²) in [5, 5.41) is 9.30. The highest BCUT2D eigenvalue weighted by molar-refractivity contribution is 5.79. The van der Waals surface area contributed by atoms with Crippen LogP contribution in [0.5, 0.6) is 0 Å². The molecule has 0 aromatic heterocycles. The van der Waals surface area contributed by atoms with Gasteiger partial charge in [-0.25, -0.2) is 4.79 Å². The van der Waals surface area contributed by atoms with E-state index in [9.17, 15) is 19.5 Å². The zero-order chi connectivity index (χ0) is 30.2. The maximum absolute atomic E-state index is 13.6. The first-order valence-electron chi connectivity index (χ1n) is 14.5. The maximum atomic E-state index is 13.6. The molecule has 1 aliphatic carbocycles. The highest BCUT2D eigenvalue weighted by Crippen LogP contribution is 2.44. The number of hydrogen-bond acceptors (Lipinski definition) is 7. The molecule has 9 nitrogen and oxygen atoms in total. The van der Waals surface area contributed by atoms with Gasteiger partial charge in [0, 0.05) is 18.9 Å². The van der Waals surface area contributed by atoms with Crippen molar-refractivity contribution < 1.29 is 29.0 Å². The van der Waals surface area contributed by atoms with E-state index in [1.807, 2.05) is 24.3 Å². The first kappa shape index (κ1) is 32.1. The van der Waals surface area contributed by atoms with Crippen LogP contribution in [0, 0.1) is 5.92 Å². The van der Waals surface area contributed by atoms with Crippen molar-refractivity contribution in [2.24, 2.45) is 17.4 Å². The van der Waals surface area contributed by atoms with E-state index in [2.05, 4.69) is 31.2 Å². The summed E-state index contributed by atoms with van der Waals surface area (Å²) in [5.41, 5.74) is 15.7. The molecule has 41 heavy (non-hydrogen) atoms. The van der Waals surface area contributed by atoms with Gasteiger partial charge in [-0.2, -0.15) is 0 Å². The number of benzene rings is 2. The van der Waals surface area contributed by atoms with Crippen molar-refractivity contribution in [3.8, 4) is 11.1 Å². The number of carboxylic acids is 1. The van der Waals surface area contributed by atoms with Gasteiger partial charge < -0.3 is 26.0 Å². The molecule has 1 aliphatic rings. The van der Waals surface area contributed by atoms with E-state index in [1.165, 1.54) is 4.90 Å². The van der Waals surface area contributed by atoms with Crippen LogP contribution >= 0.6 is 0 Å². The number of unbranched alkanes of at least 4 members (excludes halogenated alkanes) is 3. The molecular formula is C32H45N3O6. The monoisotopic (exact) mass is 567 g/mol. The minimum Gasteiger partial charge on any atom is -0.480 e. The number of aliphatic carboxylic acids is 1. The standard InChI is InChI=1S/C32H45N3O6/c1-5-6-7-8-13-21(19-35(31(39)41-32(2,3)4)28(34)18-27(33)29(36)37)30(38)40-20-26-24-16-11-9-14-22(24)23-15-10-12-17-25(23)26/h9-12,14-17,21,26-28H,5-8,13,18-20,33-34H2,1-4H3,(H,36,37). The molecule has 9 heteroatoms. The summed E-state index contributed by atoms with van der Waals surface area (Å²) in [6.45, 7) is 7.39. The Kier molecular flexibility index (Phi) is 11.3. The molecule has 3 atom stereocenters. The Morgan fingerprint density at radius 1 is 0.951 bits per heavy atom. The lowest BCUT2D eigenvalue weighted by molar-refractivity contribution is -0.150. The number of rotatable bonds is 14. The molecule has 0 radical (unpaired) electrons. The average Bonchev–Trinajstić information content (AvgIpc) is 3.23. The van der Waals surface area contributed by atoms with Crippen molar-refractivity contribution in [1.82, 2.24) is 4.90 Å². The lowest BCUT2D eigenvalue weighted by Gasteiger charge is -2.34. The SMILES string of the molecule is CCCCCCC(CN(C(=O)OC(C)(C)C)C(N)CC(N)C(=O)O)C(=O)OCC1c2ccccc2-c2ccccc21. The molecule has 5 N–H and O–H groups in total. The Labute approximate surface area is 243 Å². The van der Waals surface area contributed by atoms with Crippen LogP contribution in [0.4, 0.5) is 4.79 Å². The van der Waals surface area contributed by atoms with Crippen molar-refractivity contribution in [3.63, 3.8) is 0 Å². The number of ether oxygens (including phenoxy) is 2. The second-order valence-corrected chi connectivity index (χ2v) is 11.8. The van der Waals surface area contributed by atoms with Crippen molar-refractivity contribution in [2.75, 3.05) is 13.2 Å². The molecule has 0 heterocycles. The van der Waals surface area contributed by atoms with Crippen molar-refractivity contribution in [2.45, 2.75) is 89.9 Å². The fourth-order valence-corrected chi connectivity index (χ4v) is 5.22. The number of amides is 1. The van der Waals surface area contributed by atoms with Gasteiger partial charge in [0.15, 0.2) is 0 Å². The molecule has 0 saturated carbocycles. The average molecular weight is 568 g/mol. The number of fused-ring (bicyclic) bond motifs is 3. The van der Waals surface area contributed by atoms with Gasteiger partial charge in [-0.05, 0) is 49.4 Å². The molecule has 3 unspecified atom stereocenters. The number of nitrogens with two attached hydrogens (primary N) is 2. The van der Waals surface area contributed by atoms with Crippen molar-refractivity contribution >= 4 is 18.0 Å². The number of esters is 1. The minimum absolute atomic E-state index is 0.0643. The van der Waals surface area contributed by atoms with E-state index in [0.717, 1.165) is 47.9 Å². The van der Waals surface area contributed by atoms with Crippen LogP contribution < -0.4 is 11.5 Å². The summed E-state index contributed by atoms with van der Waals surface area (Å²) in [6, 6.07) is 15.0. The highest BCUT2D eigenvalue weighted by Gasteiger charge is 2.35. The van der Waals surface area contributed by atoms with Gasteiger partial charge in [-0.1, -0.05) is 81.1 Å². The molecule has 2 aromatic rings. The van der Waals surface area contributed by atoms with Crippen molar-refractivity contribution in [3.05, 3.63) is 59.7 Å². The molecule has 0 fully saturated rings. The van der Waals surface area contributed by atoms with Crippen LogP contribution in [-0.2, 0) is 19.1 Å². The van der Waals surface area contributed by atoms with Gasteiger partial charge in [0.2, 0.25) is 0 Å². The van der Waals surface area contributed by atoms with Crippen LogP contribution in [0.1, 0.15) is 83.3 Å². The van der Waals surface area contributed by atoms with Crippen molar-refractivity contribution in [1.29, 1.82) is 0 Å². The summed E-state index contributed by atoms with van der Waals surface area (Å²) in [7, 11) is 0. The maximum Gasteiger partial charge on any atom is 0.411 e. The number of hydrogen-bond donors (Lipinski definition) is 3. The molecule has 0 spiro atoms. The first-order valence-corrected chi connectivity index (χ1v) is 14.5.